The summed E-state index contributed by atoms with van der Waals surface area (Å²) in [5.41, 5.74) is 0.631. The summed E-state index contributed by atoms with van der Waals surface area (Å²) in [5, 5.41) is 14.0. The minimum absolute atomic E-state index is 0.300. The lowest BCUT2D eigenvalue weighted by molar-refractivity contribution is 0.394. The van der Waals surface area contributed by atoms with Crippen molar-refractivity contribution in [2.45, 2.75) is 18.5 Å². The second kappa shape index (κ2) is 7.90. The largest absolute Gasteiger partial charge is 0.494 e. The fourth-order valence-electron chi connectivity index (χ4n) is 1.97. The molecule has 0 radical (unpaired) electrons. The van der Waals surface area contributed by atoms with E-state index in [1.54, 1.807) is 17.0 Å². The molecule has 1 aromatic heterocycles. The maximum Gasteiger partial charge on any atom is 0.211 e. The first-order valence-electron chi connectivity index (χ1n) is 6.69. The fraction of sp³-hybridized carbons (Fsp3) is 0.357. The van der Waals surface area contributed by atoms with Crippen molar-refractivity contribution in [3.05, 3.63) is 27.5 Å². The summed E-state index contributed by atoms with van der Waals surface area (Å²) in [6, 6.07) is 1.68. The lowest BCUT2D eigenvalue weighted by Gasteiger charge is -2.12. The van der Waals surface area contributed by atoms with Crippen LogP contribution in [-0.2, 0) is 6.42 Å². The molecule has 0 aliphatic heterocycles. The van der Waals surface area contributed by atoms with Crippen LogP contribution in [0.2, 0.25) is 10.0 Å². The van der Waals surface area contributed by atoms with Crippen molar-refractivity contribution in [1.29, 1.82) is 0 Å². The molecule has 0 amide bonds. The Morgan fingerprint density at radius 2 is 1.96 bits per heavy atom. The van der Waals surface area contributed by atoms with E-state index in [1.807, 2.05) is 13.2 Å². The van der Waals surface area contributed by atoms with Crippen molar-refractivity contribution in [3.8, 4) is 11.5 Å². The van der Waals surface area contributed by atoms with Gasteiger partial charge in [0.25, 0.3) is 0 Å². The van der Waals surface area contributed by atoms with Gasteiger partial charge in [0.05, 0.1) is 25.5 Å². The molecular formula is C14H16Cl2N4O2S. The number of halogens is 2. The van der Waals surface area contributed by atoms with Gasteiger partial charge in [-0.25, -0.2) is 0 Å². The SMILES string of the molecule is CCc1nnc(SC)n1/N=C\c1cc(Cl)c(OC)c(Cl)c1OC. The Balaban J connectivity index is 2.50. The van der Waals surface area contributed by atoms with Gasteiger partial charge >= 0.3 is 0 Å². The van der Waals surface area contributed by atoms with Crippen molar-refractivity contribution < 1.29 is 9.47 Å². The summed E-state index contributed by atoms with van der Waals surface area (Å²) < 4.78 is 12.2. The summed E-state index contributed by atoms with van der Waals surface area (Å²) in [6.07, 6.45) is 4.24. The molecule has 1 aromatic carbocycles. The summed E-state index contributed by atoms with van der Waals surface area (Å²) in [7, 11) is 3.02. The van der Waals surface area contributed by atoms with E-state index >= 15 is 0 Å². The molecule has 2 aromatic rings. The van der Waals surface area contributed by atoms with Gasteiger partial charge in [-0.05, 0) is 12.3 Å². The van der Waals surface area contributed by atoms with Gasteiger partial charge in [0.15, 0.2) is 11.6 Å². The number of hydrogen-bond donors (Lipinski definition) is 0. The van der Waals surface area contributed by atoms with Crippen LogP contribution < -0.4 is 9.47 Å². The second-order valence-electron chi connectivity index (χ2n) is 4.34. The number of methoxy groups -OCH3 is 2. The molecule has 0 N–H and O–H groups in total. The quantitative estimate of drug-likeness (QED) is 0.568. The molecule has 6 nitrogen and oxygen atoms in total. The highest BCUT2D eigenvalue weighted by molar-refractivity contribution is 7.98. The lowest BCUT2D eigenvalue weighted by Crippen LogP contribution is -2.00. The molecule has 0 fully saturated rings. The smallest absolute Gasteiger partial charge is 0.211 e. The number of rotatable bonds is 6. The van der Waals surface area contributed by atoms with Gasteiger partial charge in [0.1, 0.15) is 10.8 Å². The highest BCUT2D eigenvalue weighted by Crippen LogP contribution is 2.41. The Morgan fingerprint density at radius 1 is 1.26 bits per heavy atom. The van der Waals surface area contributed by atoms with Crippen LogP contribution >= 0.6 is 35.0 Å². The topological polar surface area (TPSA) is 61.5 Å². The zero-order chi connectivity index (χ0) is 17.0. The Labute approximate surface area is 148 Å². The third-order valence-electron chi connectivity index (χ3n) is 3.06. The number of nitrogens with zero attached hydrogens (tertiary/aromatic N) is 4. The fourth-order valence-corrected chi connectivity index (χ4v) is 3.12. The highest BCUT2D eigenvalue weighted by Gasteiger charge is 2.17. The van der Waals surface area contributed by atoms with Crippen molar-refractivity contribution in [2.24, 2.45) is 5.10 Å². The summed E-state index contributed by atoms with van der Waals surface area (Å²) in [4.78, 5) is 0. The van der Waals surface area contributed by atoms with Gasteiger partial charge in [0, 0.05) is 12.0 Å². The van der Waals surface area contributed by atoms with Gasteiger partial charge in [-0.3, -0.25) is 0 Å². The average molecular weight is 375 g/mol. The molecule has 0 unspecified atom stereocenters. The van der Waals surface area contributed by atoms with Crippen LogP contribution in [-0.4, -0.2) is 41.6 Å². The number of ether oxygens (including phenoxy) is 2. The Kier molecular flexibility index (Phi) is 6.15. The van der Waals surface area contributed by atoms with E-state index in [9.17, 15) is 0 Å². The first-order valence-corrected chi connectivity index (χ1v) is 8.68. The van der Waals surface area contributed by atoms with Crippen molar-refractivity contribution in [1.82, 2.24) is 14.9 Å². The average Bonchev–Trinajstić information content (AvgIpc) is 2.95. The van der Waals surface area contributed by atoms with Gasteiger partial charge in [-0.15, -0.1) is 10.2 Å². The van der Waals surface area contributed by atoms with E-state index in [0.29, 0.717) is 38.7 Å². The molecule has 23 heavy (non-hydrogen) atoms. The molecule has 0 saturated heterocycles. The summed E-state index contributed by atoms with van der Waals surface area (Å²) in [6.45, 7) is 1.99. The van der Waals surface area contributed by atoms with Crippen LogP contribution in [0.1, 0.15) is 18.3 Å². The van der Waals surface area contributed by atoms with Crippen LogP contribution in [0.5, 0.6) is 11.5 Å². The molecule has 0 aliphatic carbocycles. The van der Waals surface area contributed by atoms with Gasteiger partial charge in [-0.2, -0.15) is 9.78 Å². The summed E-state index contributed by atoms with van der Waals surface area (Å²) >= 11 is 13.9. The molecule has 0 bridgehead atoms. The van der Waals surface area contributed by atoms with E-state index in [2.05, 4.69) is 15.3 Å². The predicted molar refractivity (Wildman–Crippen MR) is 93.7 cm³/mol. The molecule has 0 saturated carbocycles. The van der Waals surface area contributed by atoms with E-state index in [4.69, 9.17) is 32.7 Å². The minimum atomic E-state index is 0.300. The number of aryl methyl sites for hydroxylation is 1. The molecule has 9 heteroatoms. The van der Waals surface area contributed by atoms with E-state index in [-0.39, 0.29) is 0 Å². The molecular weight excluding hydrogens is 359 g/mol. The van der Waals surface area contributed by atoms with Gasteiger partial charge in [-0.1, -0.05) is 41.9 Å². The number of aromatic nitrogens is 3. The van der Waals surface area contributed by atoms with E-state index < -0.39 is 0 Å². The zero-order valence-electron chi connectivity index (χ0n) is 13.1. The third kappa shape index (κ3) is 3.57. The maximum atomic E-state index is 6.27. The predicted octanol–water partition coefficient (Wildman–Crippen LogP) is 3.77. The third-order valence-corrected chi connectivity index (χ3v) is 4.30. The second-order valence-corrected chi connectivity index (χ2v) is 5.90. The number of benzene rings is 1. The molecule has 2 rings (SSSR count). The van der Waals surface area contributed by atoms with Crippen LogP contribution in [0.25, 0.3) is 0 Å². The van der Waals surface area contributed by atoms with Crippen molar-refractivity contribution >= 4 is 41.2 Å². The van der Waals surface area contributed by atoms with Crippen molar-refractivity contribution in [2.75, 3.05) is 20.5 Å². The van der Waals surface area contributed by atoms with E-state index in [0.717, 1.165) is 5.82 Å². The maximum absolute atomic E-state index is 6.27. The monoisotopic (exact) mass is 374 g/mol. The van der Waals surface area contributed by atoms with Crippen LogP contribution in [0.3, 0.4) is 0 Å². The van der Waals surface area contributed by atoms with Crippen LogP contribution in [0.4, 0.5) is 0 Å². The zero-order valence-corrected chi connectivity index (χ0v) is 15.5. The normalized spacial score (nSPS) is 11.2. The Bertz CT molecular complexity index is 713. The highest BCUT2D eigenvalue weighted by atomic mass is 35.5. The standard InChI is InChI=1S/C14H16Cl2N4O2S/c1-5-10-18-19-14(23-4)20(10)17-7-8-6-9(15)13(22-3)11(16)12(8)21-2/h6-7H,5H2,1-4H3/b17-7-. The molecule has 124 valence electrons. The molecule has 0 spiro atoms. The molecule has 0 aliphatic rings. The van der Waals surface area contributed by atoms with Crippen molar-refractivity contribution in [3.63, 3.8) is 0 Å². The minimum Gasteiger partial charge on any atom is -0.494 e. The Morgan fingerprint density at radius 3 is 2.52 bits per heavy atom. The summed E-state index contributed by atoms with van der Waals surface area (Å²) in [5.74, 6) is 1.56. The first kappa shape index (κ1) is 17.9. The number of hydrogen-bond acceptors (Lipinski definition) is 6. The van der Waals surface area contributed by atoms with Crippen LogP contribution in [0, 0.1) is 0 Å². The van der Waals surface area contributed by atoms with Gasteiger partial charge < -0.3 is 9.47 Å². The lowest BCUT2D eigenvalue weighted by atomic mass is 10.2. The molecule has 1 heterocycles. The Hall–Kier alpha value is -1.44. The molecule has 0 atom stereocenters. The number of thioether (sulfide) groups is 1. The van der Waals surface area contributed by atoms with E-state index in [1.165, 1.54) is 26.0 Å². The van der Waals surface area contributed by atoms with Gasteiger partial charge in [0.2, 0.25) is 5.16 Å². The van der Waals surface area contributed by atoms with Crippen LogP contribution in [0.15, 0.2) is 16.3 Å². The first-order chi connectivity index (χ1) is 11.1.